The molecular weight excluding hydrogens is 1280 g/mol. The maximum atomic E-state index is 5.85. The van der Waals surface area contributed by atoms with Crippen molar-refractivity contribution in [3.63, 3.8) is 0 Å². The topological polar surface area (TPSA) is 12.0 Å². The summed E-state index contributed by atoms with van der Waals surface area (Å²) in [5.74, 6) is 0. The average molecular weight is 1490 g/mol. The van der Waals surface area contributed by atoms with Crippen LogP contribution in [0.15, 0.2) is 0 Å². The lowest BCUT2D eigenvalue weighted by atomic mass is 9.31. The summed E-state index contributed by atoms with van der Waals surface area (Å²) in [6, 6.07) is 0. The minimum absolute atomic E-state index is 0.183. The van der Waals surface area contributed by atoms with Gasteiger partial charge in [0.2, 0.25) is 0 Å². The molecule has 1 heteroatoms. The van der Waals surface area contributed by atoms with Gasteiger partial charge in [-0.15, -0.1) is 0 Å². The van der Waals surface area contributed by atoms with Crippen LogP contribution in [0.2, 0.25) is 0 Å². The summed E-state index contributed by atoms with van der Waals surface area (Å²) < 4.78 is 0. The highest BCUT2D eigenvalue weighted by Gasteiger charge is 2.75. The molecule has 1 aliphatic heterocycles. The summed E-state index contributed by atoms with van der Waals surface area (Å²) in [6.07, 6.45) is 132. The third kappa shape index (κ3) is 47.7. The molecule has 1 saturated heterocycles. The van der Waals surface area contributed by atoms with Gasteiger partial charge in [-0.3, -0.25) is 0 Å². The minimum atomic E-state index is 0.183. The van der Waals surface area contributed by atoms with E-state index >= 15 is 0 Å². The number of hydrogen-bond donors (Lipinski definition) is 1. The van der Waals surface area contributed by atoms with Crippen molar-refractivity contribution >= 4 is 0 Å². The van der Waals surface area contributed by atoms with E-state index in [4.69, 9.17) is 5.32 Å². The lowest BCUT2D eigenvalue weighted by Crippen LogP contribution is -2.83. The molecule has 0 saturated carbocycles. The maximum Gasteiger partial charge on any atom is 0.0248 e. The van der Waals surface area contributed by atoms with Crippen molar-refractivity contribution in [2.75, 3.05) is 0 Å². The summed E-state index contributed by atoms with van der Waals surface area (Å²) in [7, 11) is 0. The minimum Gasteiger partial charge on any atom is -0.305 e. The highest BCUT2D eigenvalue weighted by molar-refractivity contribution is 5.29. The molecule has 0 aromatic carbocycles. The molecule has 0 aromatic heterocycles. The van der Waals surface area contributed by atoms with Crippen LogP contribution in [0.25, 0.3) is 0 Å². The Balaban J connectivity index is 5.29. The molecule has 0 unspecified atom stereocenters. The van der Waals surface area contributed by atoms with E-state index in [0.29, 0.717) is 16.2 Å². The Morgan fingerprint density at radius 1 is 0.104 bits per heavy atom. The van der Waals surface area contributed by atoms with E-state index in [-0.39, 0.29) is 11.1 Å². The van der Waals surface area contributed by atoms with Gasteiger partial charge < -0.3 is 5.32 Å². The predicted octanol–water partition coefficient (Wildman–Crippen LogP) is 39.3. The van der Waals surface area contributed by atoms with Crippen molar-refractivity contribution in [2.45, 2.75) is 658 Å². The first kappa shape index (κ1) is 104. The molecule has 0 atom stereocenters. The van der Waals surface area contributed by atoms with Gasteiger partial charge in [-0.2, -0.15) is 0 Å². The molecule has 106 heavy (non-hydrogen) atoms. The molecular formula is C105H211N. The molecule has 1 nitrogen and oxygen atoms in total. The fourth-order valence-corrected chi connectivity index (χ4v) is 22.4. The van der Waals surface area contributed by atoms with E-state index in [0.717, 1.165) is 0 Å². The number of rotatable bonds is 90. The number of nitrogens with one attached hydrogen (secondary N) is 1. The zero-order valence-electron chi connectivity index (χ0n) is 76.6. The molecule has 1 fully saturated rings. The molecule has 1 heterocycles. The van der Waals surface area contributed by atoms with Crippen LogP contribution in [0.5, 0.6) is 0 Å². The SMILES string of the molecule is CCCCCCCCCCC1(CCCCCCCCCC)NC(CCCCCCCCCC)(CCCCCCCCCC)C(CCCCCCCCCC)(CCCCCCCCCC)C(CCCCCCCCCC)(CCCCCCCCCC)C1(CCCCCCCCCC)CCCCCCCCCC. The van der Waals surface area contributed by atoms with Crippen LogP contribution in [-0.4, -0.2) is 11.1 Å². The second kappa shape index (κ2) is 77.5. The van der Waals surface area contributed by atoms with Gasteiger partial charge in [0.05, 0.1) is 0 Å². The van der Waals surface area contributed by atoms with Gasteiger partial charge in [-0.05, 0) is 80.5 Å². The quantitative estimate of drug-likeness (QED) is 0.0599. The molecule has 0 spiro atoms. The molecule has 1 rings (SSSR count). The van der Waals surface area contributed by atoms with Gasteiger partial charge in [0.1, 0.15) is 0 Å². The number of hydrogen-bond acceptors (Lipinski definition) is 1. The molecule has 636 valence electrons. The predicted molar refractivity (Wildman–Crippen MR) is 488 cm³/mol. The molecule has 1 N–H and O–H groups in total. The van der Waals surface area contributed by atoms with Gasteiger partial charge in [0.25, 0.3) is 0 Å². The summed E-state index contributed by atoms with van der Waals surface area (Å²) in [6.45, 7) is 24.4. The van der Waals surface area contributed by atoms with Crippen LogP contribution in [0.3, 0.4) is 0 Å². The van der Waals surface area contributed by atoms with Crippen molar-refractivity contribution in [2.24, 2.45) is 16.2 Å². The first-order valence-corrected chi connectivity index (χ1v) is 52.1. The Bertz CT molecular complexity index is 1470. The normalized spacial score (nSPS) is 15.2. The van der Waals surface area contributed by atoms with Gasteiger partial charge >= 0.3 is 0 Å². The Kier molecular flexibility index (Phi) is 76.0. The van der Waals surface area contributed by atoms with Crippen LogP contribution in [0.1, 0.15) is 647 Å². The van der Waals surface area contributed by atoms with E-state index in [1.807, 2.05) is 0 Å². The third-order valence-corrected chi connectivity index (χ3v) is 28.7. The smallest absolute Gasteiger partial charge is 0.0248 e. The summed E-state index contributed by atoms with van der Waals surface area (Å²) in [5, 5.41) is 5.85. The van der Waals surface area contributed by atoms with Gasteiger partial charge in [0.15, 0.2) is 0 Å². The van der Waals surface area contributed by atoms with E-state index in [9.17, 15) is 0 Å². The Morgan fingerprint density at radius 3 is 0.321 bits per heavy atom. The summed E-state index contributed by atoms with van der Waals surface area (Å²) in [4.78, 5) is 0. The van der Waals surface area contributed by atoms with Crippen molar-refractivity contribution < 1.29 is 0 Å². The fraction of sp³-hybridized carbons (Fsp3) is 1.00. The van der Waals surface area contributed by atoms with Crippen molar-refractivity contribution in [3.8, 4) is 0 Å². The van der Waals surface area contributed by atoms with E-state index < -0.39 is 0 Å². The molecule has 0 amide bonds. The lowest BCUT2D eigenvalue weighted by molar-refractivity contribution is -0.263. The zero-order valence-corrected chi connectivity index (χ0v) is 76.6. The third-order valence-electron chi connectivity index (χ3n) is 28.7. The van der Waals surface area contributed by atoms with Gasteiger partial charge in [-0.25, -0.2) is 0 Å². The maximum absolute atomic E-state index is 5.85. The zero-order chi connectivity index (χ0) is 76.8. The average Bonchev–Trinajstić information content (AvgIpc) is 0.659. The van der Waals surface area contributed by atoms with E-state index in [1.165, 1.54) is 539 Å². The van der Waals surface area contributed by atoms with Crippen LogP contribution in [-0.2, 0) is 0 Å². The first-order chi connectivity index (χ1) is 52.3. The number of piperidine rings is 1. The summed E-state index contributed by atoms with van der Waals surface area (Å²) >= 11 is 0. The highest BCUT2D eigenvalue weighted by Crippen LogP contribution is 2.77. The largest absolute Gasteiger partial charge is 0.305 e. The van der Waals surface area contributed by atoms with Crippen molar-refractivity contribution in [3.05, 3.63) is 0 Å². The summed E-state index contributed by atoms with van der Waals surface area (Å²) in [5.41, 5.74) is 1.31. The first-order valence-electron chi connectivity index (χ1n) is 52.1. The molecule has 0 bridgehead atoms. The van der Waals surface area contributed by atoms with Crippen LogP contribution in [0.4, 0.5) is 0 Å². The van der Waals surface area contributed by atoms with E-state index in [2.05, 4.69) is 69.2 Å². The monoisotopic (exact) mass is 1490 g/mol. The standard InChI is InChI=1S/C105H211N/c1-11-21-31-41-51-61-71-81-91-101(92-82-72-62-52-42-32-22-12-2)102(93-83-73-63-53-43-33-23-13-3,94-84-74-64-54-44-34-24-14-4)104(97-87-77-67-57-47-37-27-17-7,98-88-78-68-58-48-38-28-18-8)106-105(99-89-79-69-59-49-39-29-19-9,100-90-80-70-60-50-40-30-20-10)103(101,95-85-75-65-55-45-35-25-15-5)96-86-76-66-56-46-36-26-16-6/h106H,11-100H2,1-10H3. The molecule has 0 aromatic rings. The Labute approximate surface area is 675 Å². The van der Waals surface area contributed by atoms with Crippen molar-refractivity contribution in [1.82, 2.24) is 5.32 Å². The lowest BCUT2D eigenvalue weighted by Gasteiger charge is -2.79. The number of unbranched alkanes of at least 4 members (excludes halogenated alkanes) is 70. The van der Waals surface area contributed by atoms with Crippen LogP contribution >= 0.6 is 0 Å². The Hall–Kier alpha value is -0.0400. The van der Waals surface area contributed by atoms with Crippen LogP contribution in [0, 0.1) is 16.2 Å². The molecule has 0 aliphatic carbocycles. The van der Waals surface area contributed by atoms with E-state index in [1.54, 1.807) is 38.5 Å². The van der Waals surface area contributed by atoms with Gasteiger partial charge in [-0.1, -0.05) is 583 Å². The molecule has 1 aliphatic rings. The Morgan fingerprint density at radius 2 is 0.198 bits per heavy atom. The van der Waals surface area contributed by atoms with Gasteiger partial charge in [0, 0.05) is 11.1 Å². The second-order valence-corrected chi connectivity index (χ2v) is 37.8. The fourth-order valence-electron chi connectivity index (χ4n) is 22.4. The molecule has 0 radical (unpaired) electrons. The second-order valence-electron chi connectivity index (χ2n) is 37.8. The van der Waals surface area contributed by atoms with Crippen molar-refractivity contribution in [1.29, 1.82) is 0 Å². The van der Waals surface area contributed by atoms with Crippen LogP contribution < -0.4 is 5.32 Å². The highest BCUT2D eigenvalue weighted by atomic mass is 15.1.